The highest BCUT2D eigenvalue weighted by atomic mass is 16.5. The van der Waals surface area contributed by atoms with E-state index >= 15 is 0 Å². The molecule has 0 radical (unpaired) electrons. The topological polar surface area (TPSA) is 85.3 Å². The van der Waals surface area contributed by atoms with Gasteiger partial charge in [-0.15, -0.1) is 0 Å². The number of Topliss-reactive ketones (excluding diaryl/α,β-unsaturated/α-hetero) is 1. The second-order valence-corrected chi connectivity index (χ2v) is 7.58. The number of anilines is 1. The number of hydrogen-bond donors (Lipinski definition) is 1. The van der Waals surface area contributed by atoms with Gasteiger partial charge in [0.05, 0.1) is 32.4 Å². The third-order valence-electron chi connectivity index (χ3n) is 5.64. The molecule has 1 aliphatic heterocycles. The van der Waals surface area contributed by atoms with Gasteiger partial charge in [-0.2, -0.15) is 0 Å². The van der Waals surface area contributed by atoms with Gasteiger partial charge in [0, 0.05) is 11.3 Å². The summed E-state index contributed by atoms with van der Waals surface area (Å²) in [5.41, 5.74) is 1.52. The highest BCUT2D eigenvalue weighted by molar-refractivity contribution is 6.51. The number of aliphatic hydroxyl groups is 1. The van der Waals surface area contributed by atoms with Gasteiger partial charge < -0.3 is 19.3 Å². The van der Waals surface area contributed by atoms with Gasteiger partial charge >= 0.3 is 0 Å². The maximum atomic E-state index is 13.3. The zero-order chi connectivity index (χ0) is 24.2. The van der Waals surface area contributed by atoms with Crippen molar-refractivity contribution in [1.29, 1.82) is 0 Å². The highest BCUT2D eigenvalue weighted by Gasteiger charge is 2.47. The maximum Gasteiger partial charge on any atom is 0.300 e. The molecule has 1 fully saturated rings. The van der Waals surface area contributed by atoms with Gasteiger partial charge in [-0.05, 0) is 48.9 Å². The van der Waals surface area contributed by atoms with Crippen LogP contribution in [0.1, 0.15) is 24.1 Å². The number of hydrogen-bond acceptors (Lipinski definition) is 6. The largest absolute Gasteiger partial charge is 0.507 e. The second-order valence-electron chi connectivity index (χ2n) is 7.58. The van der Waals surface area contributed by atoms with Crippen LogP contribution < -0.4 is 19.1 Å². The van der Waals surface area contributed by atoms with E-state index in [1.807, 2.05) is 6.92 Å². The molecular formula is C27H25NO6. The molecule has 0 spiro atoms. The monoisotopic (exact) mass is 459 g/mol. The Morgan fingerprint density at radius 3 is 2.21 bits per heavy atom. The van der Waals surface area contributed by atoms with Gasteiger partial charge in [0.1, 0.15) is 11.5 Å². The first kappa shape index (κ1) is 22.9. The summed E-state index contributed by atoms with van der Waals surface area (Å²) in [7, 11) is 3.04. The molecule has 3 aromatic rings. The Kier molecular flexibility index (Phi) is 6.54. The molecule has 4 rings (SSSR count). The van der Waals surface area contributed by atoms with Gasteiger partial charge in [-0.25, -0.2) is 0 Å². The summed E-state index contributed by atoms with van der Waals surface area (Å²) in [5.74, 6) is -0.150. The molecule has 1 saturated heterocycles. The summed E-state index contributed by atoms with van der Waals surface area (Å²) in [5, 5.41) is 11.2. The van der Waals surface area contributed by atoms with E-state index in [2.05, 4.69) is 0 Å². The Balaban J connectivity index is 1.92. The first-order chi connectivity index (χ1) is 16.5. The first-order valence-electron chi connectivity index (χ1n) is 10.8. The number of benzene rings is 3. The molecule has 1 amide bonds. The number of methoxy groups -OCH3 is 2. The van der Waals surface area contributed by atoms with Crippen LogP contribution in [0.4, 0.5) is 5.69 Å². The summed E-state index contributed by atoms with van der Waals surface area (Å²) in [6.07, 6.45) is 0. The molecule has 0 bridgehead atoms. The van der Waals surface area contributed by atoms with Crippen molar-refractivity contribution in [3.8, 4) is 17.2 Å². The van der Waals surface area contributed by atoms with Crippen molar-refractivity contribution in [3.63, 3.8) is 0 Å². The zero-order valence-corrected chi connectivity index (χ0v) is 19.1. The molecular weight excluding hydrogens is 434 g/mol. The zero-order valence-electron chi connectivity index (χ0n) is 19.1. The van der Waals surface area contributed by atoms with E-state index in [1.54, 1.807) is 72.8 Å². The lowest BCUT2D eigenvalue weighted by Gasteiger charge is -2.26. The summed E-state index contributed by atoms with van der Waals surface area (Å²) in [4.78, 5) is 27.9. The third kappa shape index (κ3) is 4.08. The Morgan fingerprint density at radius 1 is 0.912 bits per heavy atom. The number of amides is 1. The molecule has 1 heterocycles. The van der Waals surface area contributed by atoms with Crippen LogP contribution in [0.5, 0.6) is 17.2 Å². The lowest BCUT2D eigenvalue weighted by molar-refractivity contribution is -0.132. The number of aliphatic hydroxyl groups excluding tert-OH is 1. The average Bonchev–Trinajstić information content (AvgIpc) is 3.14. The maximum absolute atomic E-state index is 13.3. The van der Waals surface area contributed by atoms with Crippen LogP contribution in [0.15, 0.2) is 78.4 Å². The van der Waals surface area contributed by atoms with E-state index in [4.69, 9.17) is 14.2 Å². The molecule has 1 aliphatic rings. The Bertz CT molecular complexity index is 1230. The molecule has 7 heteroatoms. The standard InChI is InChI=1S/C27H25NO6/c1-4-34-20-13-11-19(12-14-20)28-24(18-10-15-21(32-2)22(16-18)33-3)23(26(30)27(28)31)25(29)17-8-6-5-7-9-17/h5-16,24,29H,4H2,1-3H3/b25-23+/t24-/m0/s1. The van der Waals surface area contributed by atoms with Crippen molar-refractivity contribution in [2.24, 2.45) is 0 Å². The fourth-order valence-corrected chi connectivity index (χ4v) is 4.06. The molecule has 0 aromatic heterocycles. The number of ketones is 1. The molecule has 7 nitrogen and oxygen atoms in total. The van der Waals surface area contributed by atoms with Gasteiger partial charge in [0.15, 0.2) is 11.5 Å². The van der Waals surface area contributed by atoms with Crippen LogP contribution in [0.2, 0.25) is 0 Å². The fraction of sp³-hybridized carbons (Fsp3) is 0.185. The minimum Gasteiger partial charge on any atom is -0.507 e. The quantitative estimate of drug-likeness (QED) is 0.312. The molecule has 0 aliphatic carbocycles. The van der Waals surface area contributed by atoms with Crippen molar-refractivity contribution < 1.29 is 28.9 Å². The molecule has 3 aromatic carbocycles. The van der Waals surface area contributed by atoms with Crippen LogP contribution in [0.3, 0.4) is 0 Å². The minimum atomic E-state index is -0.877. The molecule has 34 heavy (non-hydrogen) atoms. The summed E-state index contributed by atoms with van der Waals surface area (Å²) < 4.78 is 16.3. The molecule has 0 saturated carbocycles. The van der Waals surface area contributed by atoms with Crippen LogP contribution in [0.25, 0.3) is 5.76 Å². The molecule has 1 N–H and O–H groups in total. The number of rotatable bonds is 7. The van der Waals surface area contributed by atoms with Crippen LogP contribution >= 0.6 is 0 Å². The Labute approximate surface area is 197 Å². The van der Waals surface area contributed by atoms with Crippen LogP contribution in [-0.4, -0.2) is 37.6 Å². The number of carbonyl (C=O) groups excluding carboxylic acids is 2. The highest BCUT2D eigenvalue weighted by Crippen LogP contribution is 2.44. The van der Waals surface area contributed by atoms with E-state index in [-0.39, 0.29) is 11.3 Å². The third-order valence-corrected chi connectivity index (χ3v) is 5.64. The molecule has 0 unspecified atom stereocenters. The lowest BCUT2D eigenvalue weighted by Crippen LogP contribution is -2.29. The average molecular weight is 459 g/mol. The van der Waals surface area contributed by atoms with Crippen molar-refractivity contribution in [2.75, 3.05) is 25.7 Å². The normalized spacial score (nSPS) is 17.0. The van der Waals surface area contributed by atoms with Crippen LogP contribution in [0, 0.1) is 0 Å². The lowest BCUT2D eigenvalue weighted by atomic mass is 9.94. The van der Waals surface area contributed by atoms with Crippen molar-refractivity contribution >= 4 is 23.1 Å². The first-order valence-corrected chi connectivity index (χ1v) is 10.8. The summed E-state index contributed by atoms with van der Waals surface area (Å²) in [6.45, 7) is 2.39. The number of carbonyl (C=O) groups is 2. The predicted molar refractivity (Wildman–Crippen MR) is 128 cm³/mol. The van der Waals surface area contributed by atoms with E-state index in [0.717, 1.165) is 0 Å². The molecule has 174 valence electrons. The van der Waals surface area contributed by atoms with E-state index in [9.17, 15) is 14.7 Å². The van der Waals surface area contributed by atoms with Gasteiger partial charge in [-0.1, -0.05) is 36.4 Å². The summed E-state index contributed by atoms with van der Waals surface area (Å²) >= 11 is 0. The predicted octanol–water partition coefficient (Wildman–Crippen LogP) is 4.73. The van der Waals surface area contributed by atoms with Crippen molar-refractivity contribution in [2.45, 2.75) is 13.0 Å². The Morgan fingerprint density at radius 2 is 1.59 bits per heavy atom. The van der Waals surface area contributed by atoms with Crippen LogP contribution in [-0.2, 0) is 9.59 Å². The SMILES string of the molecule is CCOc1ccc(N2C(=O)C(=O)/C(=C(/O)c3ccccc3)[C@@H]2c2ccc(OC)c(OC)c2)cc1. The van der Waals surface area contributed by atoms with Crippen molar-refractivity contribution in [1.82, 2.24) is 0 Å². The minimum absolute atomic E-state index is 0.00250. The van der Waals surface area contributed by atoms with E-state index in [1.165, 1.54) is 19.1 Å². The fourth-order valence-electron chi connectivity index (χ4n) is 4.06. The van der Waals surface area contributed by atoms with E-state index in [0.29, 0.717) is 40.7 Å². The number of nitrogens with zero attached hydrogens (tertiary/aromatic N) is 1. The van der Waals surface area contributed by atoms with E-state index < -0.39 is 17.7 Å². The second kappa shape index (κ2) is 9.70. The Hall–Kier alpha value is -4.26. The van der Waals surface area contributed by atoms with Crippen molar-refractivity contribution in [3.05, 3.63) is 89.5 Å². The van der Waals surface area contributed by atoms with Gasteiger partial charge in [0.2, 0.25) is 0 Å². The molecule has 1 atom stereocenters. The summed E-state index contributed by atoms with van der Waals surface area (Å²) in [6, 6.07) is 19.9. The number of ether oxygens (including phenoxy) is 3. The van der Waals surface area contributed by atoms with Gasteiger partial charge in [0.25, 0.3) is 11.7 Å². The van der Waals surface area contributed by atoms with Gasteiger partial charge in [-0.3, -0.25) is 14.5 Å². The smallest absolute Gasteiger partial charge is 0.300 e.